The highest BCUT2D eigenvalue weighted by Gasteiger charge is 2.46. The molecule has 1 fully saturated rings. The first-order valence-electron chi connectivity index (χ1n) is 4.42. The van der Waals surface area contributed by atoms with Crippen molar-refractivity contribution in [1.29, 1.82) is 0 Å². The van der Waals surface area contributed by atoms with Crippen LogP contribution in [-0.4, -0.2) is 16.8 Å². The Balaban J connectivity index is 2.29. The molecule has 0 radical (unpaired) electrons. The summed E-state index contributed by atoms with van der Waals surface area (Å²) in [5.74, 6) is 0.132. The Morgan fingerprint density at radius 3 is 2.58 bits per heavy atom. The van der Waals surface area contributed by atoms with E-state index in [1.807, 2.05) is 6.92 Å². The second-order valence-electron chi connectivity index (χ2n) is 4.13. The van der Waals surface area contributed by atoms with E-state index in [0.29, 0.717) is 11.5 Å². The molecule has 1 N–H and O–H groups in total. The normalized spacial score (nSPS) is 27.8. The second kappa shape index (κ2) is 3.36. The van der Waals surface area contributed by atoms with Crippen molar-refractivity contribution in [1.82, 2.24) is 5.32 Å². The molecule has 1 aliphatic carbocycles. The zero-order valence-corrected chi connectivity index (χ0v) is 9.44. The molecule has 70 valence electrons. The van der Waals surface area contributed by atoms with Gasteiger partial charge in [-0.25, -0.2) is 0 Å². The summed E-state index contributed by atoms with van der Waals surface area (Å²) in [6.45, 7) is 6.34. The summed E-state index contributed by atoms with van der Waals surface area (Å²) in [7, 11) is 0. The first-order valence-corrected chi connectivity index (χ1v) is 5.33. The first-order chi connectivity index (χ1) is 5.47. The highest BCUT2D eigenvalue weighted by atomic mass is 79.9. The monoisotopic (exact) mass is 233 g/mol. The van der Waals surface area contributed by atoms with E-state index < -0.39 is 0 Å². The van der Waals surface area contributed by atoms with Gasteiger partial charge in [-0.15, -0.1) is 0 Å². The summed E-state index contributed by atoms with van der Waals surface area (Å²) in [4.78, 5) is 11.3. The van der Waals surface area contributed by atoms with Crippen LogP contribution in [0, 0.1) is 5.41 Å². The van der Waals surface area contributed by atoms with E-state index >= 15 is 0 Å². The van der Waals surface area contributed by atoms with Crippen LogP contribution in [0.2, 0.25) is 0 Å². The van der Waals surface area contributed by atoms with Crippen LogP contribution in [0.25, 0.3) is 0 Å². The van der Waals surface area contributed by atoms with E-state index in [0.717, 1.165) is 12.8 Å². The molecule has 0 aromatic rings. The van der Waals surface area contributed by atoms with Crippen molar-refractivity contribution in [3.8, 4) is 0 Å². The Morgan fingerprint density at radius 1 is 1.75 bits per heavy atom. The van der Waals surface area contributed by atoms with Crippen LogP contribution in [0.15, 0.2) is 0 Å². The third kappa shape index (κ3) is 2.22. The molecule has 2 nitrogen and oxygen atoms in total. The van der Waals surface area contributed by atoms with Gasteiger partial charge in [0.2, 0.25) is 5.91 Å². The minimum Gasteiger partial charge on any atom is -0.352 e. The molecule has 2 unspecified atom stereocenters. The number of carbonyl (C=O) groups is 1. The molecule has 0 spiro atoms. The Morgan fingerprint density at radius 2 is 2.25 bits per heavy atom. The number of hydrogen-bond donors (Lipinski definition) is 1. The maximum absolute atomic E-state index is 11.4. The Hall–Kier alpha value is -0.0500. The zero-order valence-electron chi connectivity index (χ0n) is 7.86. The molecule has 0 aliphatic heterocycles. The van der Waals surface area contributed by atoms with E-state index in [9.17, 15) is 4.79 Å². The van der Waals surface area contributed by atoms with Gasteiger partial charge in [0.25, 0.3) is 0 Å². The molecule has 1 saturated carbocycles. The SMILES string of the molecule is CCC(Br)C(=O)NC1CC1(C)C. The molecular formula is C9H16BrNO. The third-order valence-corrected chi connectivity index (χ3v) is 3.54. The molecule has 0 aromatic heterocycles. The van der Waals surface area contributed by atoms with E-state index in [1.165, 1.54) is 0 Å². The maximum Gasteiger partial charge on any atom is 0.234 e. The summed E-state index contributed by atoms with van der Waals surface area (Å²) in [6.07, 6.45) is 1.96. The zero-order chi connectivity index (χ0) is 9.35. The van der Waals surface area contributed by atoms with E-state index in [2.05, 4.69) is 35.1 Å². The number of amides is 1. The number of rotatable bonds is 3. The van der Waals surface area contributed by atoms with Gasteiger partial charge in [-0.05, 0) is 18.3 Å². The summed E-state index contributed by atoms with van der Waals surface area (Å²) in [6, 6.07) is 0.400. The quantitative estimate of drug-likeness (QED) is 0.744. The summed E-state index contributed by atoms with van der Waals surface area (Å²) in [5, 5.41) is 3.01. The van der Waals surface area contributed by atoms with E-state index in [4.69, 9.17) is 0 Å². The molecule has 1 rings (SSSR count). The van der Waals surface area contributed by atoms with Crippen LogP contribution in [0.3, 0.4) is 0 Å². The van der Waals surface area contributed by atoms with Crippen LogP contribution in [0.5, 0.6) is 0 Å². The number of carbonyl (C=O) groups excluding carboxylic acids is 1. The van der Waals surface area contributed by atoms with Crippen molar-refractivity contribution in [3.05, 3.63) is 0 Å². The molecule has 0 heterocycles. The summed E-state index contributed by atoms with van der Waals surface area (Å²) in [5.41, 5.74) is 0.329. The van der Waals surface area contributed by atoms with Crippen molar-refractivity contribution in [2.45, 2.75) is 44.5 Å². The van der Waals surface area contributed by atoms with Gasteiger partial charge in [-0.3, -0.25) is 4.79 Å². The van der Waals surface area contributed by atoms with Crippen molar-refractivity contribution < 1.29 is 4.79 Å². The molecule has 0 saturated heterocycles. The van der Waals surface area contributed by atoms with Crippen LogP contribution in [0.1, 0.15) is 33.6 Å². The number of halogens is 1. The predicted molar refractivity (Wildman–Crippen MR) is 53.3 cm³/mol. The third-order valence-electron chi connectivity index (χ3n) is 2.47. The van der Waals surface area contributed by atoms with E-state index in [1.54, 1.807) is 0 Å². The first kappa shape index (κ1) is 10.0. The van der Waals surface area contributed by atoms with Crippen LogP contribution >= 0.6 is 15.9 Å². The lowest BCUT2D eigenvalue weighted by atomic mass is 10.2. The minimum absolute atomic E-state index is 0.0195. The van der Waals surface area contributed by atoms with E-state index in [-0.39, 0.29) is 10.7 Å². The maximum atomic E-state index is 11.4. The molecule has 3 heteroatoms. The summed E-state index contributed by atoms with van der Waals surface area (Å²) >= 11 is 3.32. The second-order valence-corrected chi connectivity index (χ2v) is 5.23. The lowest BCUT2D eigenvalue weighted by molar-refractivity contribution is -0.120. The topological polar surface area (TPSA) is 29.1 Å². The Labute approximate surface area is 82.2 Å². The van der Waals surface area contributed by atoms with Gasteiger partial charge in [-0.2, -0.15) is 0 Å². The molecule has 1 aliphatic rings. The Bertz CT molecular complexity index is 191. The largest absolute Gasteiger partial charge is 0.352 e. The van der Waals surface area contributed by atoms with Gasteiger partial charge in [0.15, 0.2) is 0 Å². The van der Waals surface area contributed by atoms with Gasteiger partial charge in [0.1, 0.15) is 0 Å². The van der Waals surface area contributed by atoms with Gasteiger partial charge < -0.3 is 5.32 Å². The smallest absolute Gasteiger partial charge is 0.234 e. The fourth-order valence-corrected chi connectivity index (χ4v) is 1.29. The van der Waals surface area contributed by atoms with Crippen molar-refractivity contribution >= 4 is 21.8 Å². The molecule has 1 amide bonds. The van der Waals surface area contributed by atoms with Crippen molar-refractivity contribution in [2.75, 3.05) is 0 Å². The van der Waals surface area contributed by atoms with Crippen molar-refractivity contribution in [2.24, 2.45) is 5.41 Å². The lowest BCUT2D eigenvalue weighted by Crippen LogP contribution is -2.34. The standard InChI is InChI=1S/C9H16BrNO/c1-4-6(10)8(12)11-7-5-9(7,2)3/h6-7H,4-5H2,1-3H3,(H,11,12). The van der Waals surface area contributed by atoms with Crippen molar-refractivity contribution in [3.63, 3.8) is 0 Å². The Kier molecular flexibility index (Phi) is 2.81. The molecular weight excluding hydrogens is 218 g/mol. The van der Waals surface area contributed by atoms with Crippen LogP contribution < -0.4 is 5.32 Å². The molecule has 0 aromatic carbocycles. The summed E-state index contributed by atoms with van der Waals surface area (Å²) < 4.78 is 0. The van der Waals surface area contributed by atoms with Gasteiger partial charge >= 0.3 is 0 Å². The fraction of sp³-hybridized carbons (Fsp3) is 0.889. The molecule has 12 heavy (non-hydrogen) atoms. The van der Waals surface area contributed by atoms with Gasteiger partial charge in [0, 0.05) is 6.04 Å². The number of hydrogen-bond acceptors (Lipinski definition) is 1. The van der Waals surface area contributed by atoms with Crippen LogP contribution in [-0.2, 0) is 4.79 Å². The minimum atomic E-state index is -0.0195. The molecule has 0 bridgehead atoms. The highest BCUT2D eigenvalue weighted by molar-refractivity contribution is 9.10. The number of alkyl halides is 1. The average molecular weight is 234 g/mol. The highest BCUT2D eigenvalue weighted by Crippen LogP contribution is 2.44. The van der Waals surface area contributed by atoms with Gasteiger partial charge in [0.05, 0.1) is 4.83 Å². The predicted octanol–water partition coefficient (Wildman–Crippen LogP) is 2.07. The molecule has 2 atom stereocenters. The van der Waals surface area contributed by atoms with Crippen LogP contribution in [0.4, 0.5) is 0 Å². The lowest BCUT2D eigenvalue weighted by Gasteiger charge is -2.09. The van der Waals surface area contributed by atoms with Gasteiger partial charge in [-0.1, -0.05) is 36.7 Å². The number of nitrogens with one attached hydrogen (secondary N) is 1. The fourth-order valence-electron chi connectivity index (χ4n) is 1.16. The average Bonchev–Trinajstić information content (AvgIpc) is 2.57.